The van der Waals surface area contributed by atoms with Gasteiger partial charge in [-0.1, -0.05) is 36.2 Å². The van der Waals surface area contributed by atoms with Crippen LogP contribution >= 0.6 is 23.2 Å². The first-order valence-corrected chi connectivity index (χ1v) is 7.56. The second-order valence-corrected chi connectivity index (χ2v) is 5.49. The summed E-state index contributed by atoms with van der Waals surface area (Å²) >= 11 is 12.2. The van der Waals surface area contributed by atoms with Gasteiger partial charge in [-0.2, -0.15) is 0 Å². The van der Waals surface area contributed by atoms with E-state index in [2.05, 4.69) is 0 Å². The van der Waals surface area contributed by atoms with Gasteiger partial charge in [-0.05, 0) is 48.4 Å². The van der Waals surface area contributed by atoms with Crippen molar-refractivity contribution in [2.24, 2.45) is 0 Å². The first-order chi connectivity index (χ1) is 10.1. The maximum Gasteiger partial charge on any atom is 0.167 e. The molecule has 0 radical (unpaired) electrons. The fraction of sp³-hybridized carbons (Fsp3) is 0.235. The van der Waals surface area contributed by atoms with Gasteiger partial charge in [0, 0.05) is 22.0 Å². The smallest absolute Gasteiger partial charge is 0.167 e. The van der Waals surface area contributed by atoms with Crippen LogP contribution in [-0.4, -0.2) is 12.4 Å². The SMILES string of the molecule is CCCOc1ccc(C(=O)Cc2c(Cl)cccc2Cl)cc1. The van der Waals surface area contributed by atoms with Crippen LogP contribution in [0.15, 0.2) is 42.5 Å². The molecule has 0 heterocycles. The Labute approximate surface area is 134 Å². The Morgan fingerprint density at radius 3 is 2.24 bits per heavy atom. The summed E-state index contributed by atoms with van der Waals surface area (Å²) in [7, 11) is 0. The highest BCUT2D eigenvalue weighted by Gasteiger charge is 2.12. The lowest BCUT2D eigenvalue weighted by atomic mass is 10.0. The quantitative estimate of drug-likeness (QED) is 0.682. The fourth-order valence-corrected chi connectivity index (χ4v) is 2.45. The summed E-state index contributed by atoms with van der Waals surface area (Å²) in [5, 5.41) is 1.03. The largest absolute Gasteiger partial charge is 0.494 e. The van der Waals surface area contributed by atoms with E-state index < -0.39 is 0 Å². The number of Topliss-reactive ketones (excluding diaryl/α,β-unsaturated/α-hetero) is 1. The number of hydrogen-bond donors (Lipinski definition) is 0. The summed E-state index contributed by atoms with van der Waals surface area (Å²) in [6.07, 6.45) is 1.14. The third-order valence-corrected chi connectivity index (χ3v) is 3.76. The minimum atomic E-state index is -0.0213. The lowest BCUT2D eigenvalue weighted by Gasteiger charge is -2.08. The highest BCUT2D eigenvalue weighted by molar-refractivity contribution is 6.36. The van der Waals surface area contributed by atoms with E-state index in [1.807, 2.05) is 6.92 Å². The zero-order valence-corrected chi connectivity index (χ0v) is 13.2. The molecule has 2 aromatic carbocycles. The standard InChI is InChI=1S/C17H16Cl2O2/c1-2-10-21-13-8-6-12(7-9-13)17(20)11-14-15(18)4-3-5-16(14)19/h3-9H,2,10-11H2,1H3. The molecule has 0 saturated carbocycles. The van der Waals surface area contributed by atoms with Crippen LogP contribution < -0.4 is 4.74 Å². The van der Waals surface area contributed by atoms with Gasteiger partial charge >= 0.3 is 0 Å². The summed E-state index contributed by atoms with van der Waals surface area (Å²) in [6.45, 7) is 2.72. The summed E-state index contributed by atoms with van der Waals surface area (Å²) in [4.78, 5) is 12.3. The Kier molecular flexibility index (Phi) is 5.66. The molecular formula is C17H16Cl2O2. The third kappa shape index (κ3) is 4.23. The van der Waals surface area contributed by atoms with Gasteiger partial charge in [0.05, 0.1) is 6.61 Å². The maximum atomic E-state index is 12.3. The Hall–Kier alpha value is -1.51. The Balaban J connectivity index is 2.10. The van der Waals surface area contributed by atoms with Crippen LogP contribution in [0.5, 0.6) is 5.75 Å². The number of hydrogen-bond acceptors (Lipinski definition) is 2. The van der Waals surface area contributed by atoms with Crippen molar-refractivity contribution in [2.75, 3.05) is 6.61 Å². The molecule has 0 N–H and O–H groups in total. The molecule has 0 aliphatic carbocycles. The van der Waals surface area contributed by atoms with Gasteiger partial charge in [-0.15, -0.1) is 0 Å². The molecule has 0 bridgehead atoms. The number of halogens is 2. The second kappa shape index (κ2) is 7.48. The highest BCUT2D eigenvalue weighted by Crippen LogP contribution is 2.26. The van der Waals surface area contributed by atoms with Crippen molar-refractivity contribution in [1.82, 2.24) is 0 Å². The molecule has 0 aliphatic rings. The molecule has 110 valence electrons. The topological polar surface area (TPSA) is 26.3 Å². The lowest BCUT2D eigenvalue weighted by molar-refractivity contribution is 0.0993. The van der Waals surface area contributed by atoms with E-state index in [0.29, 0.717) is 27.8 Å². The summed E-state index contributed by atoms with van der Waals surface area (Å²) in [5.74, 6) is 0.746. The van der Waals surface area contributed by atoms with Crippen LogP contribution in [0.25, 0.3) is 0 Å². The van der Waals surface area contributed by atoms with Crippen molar-refractivity contribution >= 4 is 29.0 Å². The first-order valence-electron chi connectivity index (χ1n) is 6.80. The van der Waals surface area contributed by atoms with Crippen LogP contribution in [0, 0.1) is 0 Å². The average Bonchev–Trinajstić information content (AvgIpc) is 2.49. The van der Waals surface area contributed by atoms with Crippen molar-refractivity contribution in [2.45, 2.75) is 19.8 Å². The monoisotopic (exact) mass is 322 g/mol. The molecule has 0 atom stereocenters. The van der Waals surface area contributed by atoms with Crippen molar-refractivity contribution < 1.29 is 9.53 Å². The summed E-state index contributed by atoms with van der Waals surface area (Å²) in [6, 6.07) is 12.4. The molecule has 0 amide bonds. The van der Waals surface area contributed by atoms with Crippen molar-refractivity contribution in [3.63, 3.8) is 0 Å². The number of carbonyl (C=O) groups excluding carboxylic acids is 1. The lowest BCUT2D eigenvalue weighted by Crippen LogP contribution is -2.05. The van der Waals surface area contributed by atoms with Crippen LogP contribution in [0.3, 0.4) is 0 Å². The normalized spacial score (nSPS) is 10.4. The van der Waals surface area contributed by atoms with E-state index in [4.69, 9.17) is 27.9 Å². The Bertz CT molecular complexity index is 601. The van der Waals surface area contributed by atoms with Crippen molar-refractivity contribution in [1.29, 1.82) is 0 Å². The number of benzene rings is 2. The van der Waals surface area contributed by atoms with Crippen LogP contribution in [-0.2, 0) is 6.42 Å². The Morgan fingerprint density at radius 2 is 1.67 bits per heavy atom. The predicted molar refractivity (Wildman–Crippen MR) is 86.7 cm³/mol. The summed E-state index contributed by atoms with van der Waals surface area (Å²) < 4.78 is 5.49. The van der Waals surface area contributed by atoms with Crippen molar-refractivity contribution in [3.05, 3.63) is 63.6 Å². The van der Waals surface area contributed by atoms with Gasteiger partial charge in [-0.3, -0.25) is 4.79 Å². The van der Waals surface area contributed by atoms with E-state index >= 15 is 0 Å². The highest BCUT2D eigenvalue weighted by atomic mass is 35.5. The maximum absolute atomic E-state index is 12.3. The predicted octanol–water partition coefficient (Wildman–Crippen LogP) is 5.21. The molecule has 0 fully saturated rings. The van der Waals surface area contributed by atoms with E-state index in [9.17, 15) is 4.79 Å². The van der Waals surface area contributed by atoms with Gasteiger partial charge < -0.3 is 4.74 Å². The van der Waals surface area contributed by atoms with E-state index in [-0.39, 0.29) is 12.2 Å². The van der Waals surface area contributed by atoms with Crippen molar-refractivity contribution in [3.8, 4) is 5.75 Å². The minimum absolute atomic E-state index is 0.0213. The minimum Gasteiger partial charge on any atom is -0.494 e. The number of carbonyl (C=O) groups is 1. The van der Waals surface area contributed by atoms with E-state index in [0.717, 1.165) is 12.2 Å². The molecule has 0 saturated heterocycles. The van der Waals surface area contributed by atoms with Gasteiger partial charge in [0.1, 0.15) is 5.75 Å². The molecule has 2 nitrogen and oxygen atoms in total. The molecular weight excluding hydrogens is 307 g/mol. The zero-order chi connectivity index (χ0) is 15.2. The molecule has 4 heteroatoms. The Morgan fingerprint density at radius 1 is 1.05 bits per heavy atom. The van der Waals surface area contributed by atoms with Gasteiger partial charge in [0.2, 0.25) is 0 Å². The molecule has 0 aliphatic heterocycles. The van der Waals surface area contributed by atoms with Crippen LogP contribution in [0.2, 0.25) is 10.0 Å². The zero-order valence-electron chi connectivity index (χ0n) is 11.7. The van der Waals surface area contributed by atoms with E-state index in [1.54, 1.807) is 42.5 Å². The molecule has 21 heavy (non-hydrogen) atoms. The summed E-state index contributed by atoms with van der Waals surface area (Å²) in [5.41, 5.74) is 1.28. The second-order valence-electron chi connectivity index (χ2n) is 4.67. The first kappa shape index (κ1) is 15.9. The average molecular weight is 323 g/mol. The number of ketones is 1. The van der Waals surface area contributed by atoms with Crippen LogP contribution in [0.1, 0.15) is 29.3 Å². The number of ether oxygens (including phenoxy) is 1. The van der Waals surface area contributed by atoms with Gasteiger partial charge in [0.15, 0.2) is 5.78 Å². The molecule has 2 rings (SSSR count). The third-order valence-electron chi connectivity index (χ3n) is 3.05. The molecule has 0 spiro atoms. The molecule has 2 aromatic rings. The van der Waals surface area contributed by atoms with E-state index in [1.165, 1.54) is 0 Å². The van der Waals surface area contributed by atoms with Gasteiger partial charge in [0.25, 0.3) is 0 Å². The molecule has 0 aromatic heterocycles. The van der Waals surface area contributed by atoms with Gasteiger partial charge in [-0.25, -0.2) is 0 Å². The van der Waals surface area contributed by atoms with Crippen LogP contribution in [0.4, 0.5) is 0 Å². The molecule has 0 unspecified atom stereocenters. The number of rotatable bonds is 6. The fourth-order valence-electron chi connectivity index (χ4n) is 1.92.